The van der Waals surface area contributed by atoms with Crippen molar-refractivity contribution in [1.29, 1.82) is 0 Å². The molecular formula is C15H34N4. The number of hydrogen-bond acceptors (Lipinski definition) is 4. The van der Waals surface area contributed by atoms with Crippen molar-refractivity contribution < 1.29 is 0 Å². The predicted octanol–water partition coefficient (Wildman–Crippen LogP) is 0.655. The van der Waals surface area contributed by atoms with Gasteiger partial charge in [0.1, 0.15) is 0 Å². The molecule has 0 aliphatic carbocycles. The molecule has 1 atom stereocenters. The average molecular weight is 270 g/mol. The Morgan fingerprint density at radius 1 is 0.684 bits per heavy atom. The van der Waals surface area contributed by atoms with Crippen LogP contribution in [0, 0.1) is 17.8 Å². The van der Waals surface area contributed by atoms with Crippen LogP contribution in [0.3, 0.4) is 0 Å². The van der Waals surface area contributed by atoms with Gasteiger partial charge in [-0.1, -0.05) is 27.7 Å². The van der Waals surface area contributed by atoms with Gasteiger partial charge in [-0.25, -0.2) is 0 Å². The van der Waals surface area contributed by atoms with Crippen molar-refractivity contribution in [1.82, 2.24) is 21.3 Å². The molecule has 4 N–H and O–H groups in total. The zero-order valence-corrected chi connectivity index (χ0v) is 13.3. The molecule has 0 spiro atoms. The fraction of sp³-hybridized carbons (Fsp3) is 1.00. The molecule has 2 fully saturated rings. The summed E-state index contributed by atoms with van der Waals surface area (Å²) in [5.74, 6) is 2.39. The number of nitrogens with one attached hydrogen (secondary N) is 4. The smallest absolute Gasteiger partial charge is 0.0215 e. The number of rotatable bonds is 2. The largest absolute Gasteiger partial charge is 0.315 e. The summed E-state index contributed by atoms with van der Waals surface area (Å²) in [5.41, 5.74) is 0. The fourth-order valence-corrected chi connectivity index (χ4v) is 2.44. The van der Waals surface area contributed by atoms with Gasteiger partial charge in [-0.15, -0.1) is 0 Å². The molecule has 2 aliphatic heterocycles. The van der Waals surface area contributed by atoms with Crippen molar-refractivity contribution in [3.63, 3.8) is 0 Å². The lowest BCUT2D eigenvalue weighted by atomic mass is 9.96. The third kappa shape index (κ3) is 7.25. The molecule has 0 aromatic heterocycles. The lowest BCUT2D eigenvalue weighted by molar-refractivity contribution is 0.342. The van der Waals surface area contributed by atoms with E-state index < -0.39 is 0 Å². The summed E-state index contributed by atoms with van der Waals surface area (Å²) in [6, 6.07) is 0.693. The average Bonchev–Trinajstić information content (AvgIpc) is 2.69. The van der Waals surface area contributed by atoms with Gasteiger partial charge in [-0.05, 0) is 30.8 Å². The molecular weight excluding hydrogens is 236 g/mol. The van der Waals surface area contributed by atoms with Crippen molar-refractivity contribution in [2.45, 2.75) is 33.7 Å². The second kappa shape index (κ2) is 9.70. The maximum absolute atomic E-state index is 3.46. The molecule has 4 nitrogen and oxygen atoms in total. The van der Waals surface area contributed by atoms with E-state index in [2.05, 4.69) is 49.0 Å². The van der Waals surface area contributed by atoms with Crippen LogP contribution in [0.5, 0.6) is 0 Å². The van der Waals surface area contributed by atoms with Gasteiger partial charge in [0.05, 0.1) is 0 Å². The van der Waals surface area contributed by atoms with E-state index in [1.165, 1.54) is 13.1 Å². The highest BCUT2D eigenvalue weighted by Gasteiger charge is 2.14. The minimum atomic E-state index is 0.693. The molecule has 2 aliphatic rings. The summed E-state index contributed by atoms with van der Waals surface area (Å²) in [6.07, 6.45) is 0. The molecule has 0 bridgehead atoms. The number of piperazine rings is 1. The maximum atomic E-state index is 3.46. The van der Waals surface area contributed by atoms with Crippen LogP contribution in [0.25, 0.3) is 0 Å². The predicted molar refractivity (Wildman–Crippen MR) is 83.6 cm³/mol. The maximum Gasteiger partial charge on any atom is 0.0215 e. The zero-order valence-electron chi connectivity index (χ0n) is 13.3. The number of hydrogen-bond donors (Lipinski definition) is 4. The Hall–Kier alpha value is -0.160. The highest BCUT2D eigenvalue weighted by molar-refractivity contribution is 4.77. The normalized spacial score (nSPS) is 25.9. The van der Waals surface area contributed by atoms with Gasteiger partial charge in [0.2, 0.25) is 0 Å². The highest BCUT2D eigenvalue weighted by atomic mass is 15.1. The molecule has 2 heterocycles. The lowest BCUT2D eigenvalue weighted by Gasteiger charge is -2.27. The molecule has 19 heavy (non-hydrogen) atoms. The summed E-state index contributed by atoms with van der Waals surface area (Å²) in [7, 11) is 0. The van der Waals surface area contributed by atoms with Crippen LogP contribution in [0.4, 0.5) is 0 Å². The second-order valence-corrected chi connectivity index (χ2v) is 6.42. The van der Waals surface area contributed by atoms with Crippen LogP contribution in [0.2, 0.25) is 0 Å². The van der Waals surface area contributed by atoms with E-state index in [1.54, 1.807) is 0 Å². The van der Waals surface area contributed by atoms with E-state index in [9.17, 15) is 0 Å². The minimum absolute atomic E-state index is 0.693. The Labute approximate surface area is 119 Å². The molecule has 0 aromatic carbocycles. The van der Waals surface area contributed by atoms with Gasteiger partial charge >= 0.3 is 0 Å². The van der Waals surface area contributed by atoms with Crippen LogP contribution in [-0.2, 0) is 0 Å². The van der Waals surface area contributed by atoms with E-state index in [4.69, 9.17) is 0 Å². The third-order valence-corrected chi connectivity index (χ3v) is 4.11. The van der Waals surface area contributed by atoms with Crippen LogP contribution in [0.1, 0.15) is 27.7 Å². The topological polar surface area (TPSA) is 48.1 Å². The van der Waals surface area contributed by atoms with Crippen molar-refractivity contribution in [2.75, 3.05) is 45.8 Å². The molecule has 1 unspecified atom stereocenters. The summed E-state index contributed by atoms with van der Waals surface area (Å²) < 4.78 is 0. The van der Waals surface area contributed by atoms with Gasteiger partial charge in [-0.2, -0.15) is 0 Å². The fourth-order valence-electron chi connectivity index (χ4n) is 2.44. The van der Waals surface area contributed by atoms with Gasteiger partial charge in [0.15, 0.2) is 0 Å². The van der Waals surface area contributed by atoms with E-state index >= 15 is 0 Å². The molecule has 0 saturated carbocycles. The Bertz CT molecular complexity index is 204. The van der Waals surface area contributed by atoms with Crippen molar-refractivity contribution in [3.05, 3.63) is 0 Å². The van der Waals surface area contributed by atoms with Crippen molar-refractivity contribution in [2.24, 2.45) is 17.8 Å². The van der Waals surface area contributed by atoms with Crippen LogP contribution in [-0.4, -0.2) is 51.9 Å². The second-order valence-electron chi connectivity index (χ2n) is 6.42. The molecule has 4 heteroatoms. The van der Waals surface area contributed by atoms with E-state index in [0.717, 1.165) is 50.5 Å². The van der Waals surface area contributed by atoms with E-state index in [1.807, 2.05) is 0 Å². The first kappa shape index (κ1) is 16.9. The molecule has 0 amide bonds. The molecule has 2 rings (SSSR count). The monoisotopic (exact) mass is 270 g/mol. The summed E-state index contributed by atoms with van der Waals surface area (Å²) in [4.78, 5) is 0. The first-order valence-electron chi connectivity index (χ1n) is 7.96. The SMILES string of the molecule is CC(C)C1CNCCN1.CC(C)C1CNCCNC1. The third-order valence-electron chi connectivity index (χ3n) is 4.11. The summed E-state index contributed by atoms with van der Waals surface area (Å²) >= 11 is 0. The van der Waals surface area contributed by atoms with Crippen LogP contribution >= 0.6 is 0 Å². The first-order chi connectivity index (χ1) is 9.11. The Balaban J connectivity index is 0.000000191. The van der Waals surface area contributed by atoms with Crippen LogP contribution < -0.4 is 21.3 Å². The summed E-state index contributed by atoms with van der Waals surface area (Å²) in [6.45, 7) is 17.1. The molecule has 2 saturated heterocycles. The quantitative estimate of drug-likeness (QED) is 0.595. The van der Waals surface area contributed by atoms with Crippen molar-refractivity contribution >= 4 is 0 Å². The molecule has 114 valence electrons. The lowest BCUT2D eigenvalue weighted by Crippen LogP contribution is -2.50. The Morgan fingerprint density at radius 2 is 1.21 bits per heavy atom. The molecule has 0 radical (unpaired) electrons. The van der Waals surface area contributed by atoms with Crippen LogP contribution in [0.15, 0.2) is 0 Å². The van der Waals surface area contributed by atoms with Gasteiger partial charge in [-0.3, -0.25) is 0 Å². The standard InChI is InChI=1S/C8H18N2.C7H16N2/c1-7(2)8-5-9-3-4-10-6-8;1-6(2)7-5-8-3-4-9-7/h7-10H,3-6H2,1-2H3;6-9H,3-5H2,1-2H3. The van der Waals surface area contributed by atoms with Crippen molar-refractivity contribution in [3.8, 4) is 0 Å². The highest BCUT2D eigenvalue weighted by Crippen LogP contribution is 2.08. The Kier molecular flexibility index (Phi) is 8.62. The Morgan fingerprint density at radius 3 is 1.58 bits per heavy atom. The van der Waals surface area contributed by atoms with Gasteiger partial charge < -0.3 is 21.3 Å². The minimum Gasteiger partial charge on any atom is -0.315 e. The van der Waals surface area contributed by atoms with Gasteiger partial charge in [0.25, 0.3) is 0 Å². The van der Waals surface area contributed by atoms with E-state index in [0.29, 0.717) is 6.04 Å². The zero-order chi connectivity index (χ0) is 14.1. The van der Waals surface area contributed by atoms with E-state index in [-0.39, 0.29) is 0 Å². The first-order valence-corrected chi connectivity index (χ1v) is 7.96. The summed E-state index contributed by atoms with van der Waals surface area (Å²) in [5, 5.41) is 13.6. The van der Waals surface area contributed by atoms with Gasteiger partial charge in [0, 0.05) is 38.8 Å². The molecule has 0 aromatic rings.